The Morgan fingerprint density at radius 3 is 2.18 bits per heavy atom. The molecular formula is C20H31N7O6. The number of carbonyl (C=O) groups is 4. The van der Waals surface area contributed by atoms with Gasteiger partial charge in [0.1, 0.15) is 18.6 Å². The molecule has 13 nitrogen and oxygen atoms in total. The van der Waals surface area contributed by atoms with Gasteiger partial charge in [0.2, 0.25) is 17.7 Å². The van der Waals surface area contributed by atoms with E-state index in [1.165, 1.54) is 0 Å². The van der Waals surface area contributed by atoms with Crippen LogP contribution >= 0.6 is 0 Å². The second-order valence-corrected chi connectivity index (χ2v) is 7.16. The van der Waals surface area contributed by atoms with E-state index >= 15 is 0 Å². The highest BCUT2D eigenvalue weighted by Crippen LogP contribution is 2.05. The molecule has 1 aromatic carbocycles. The Balaban J connectivity index is 2.84. The van der Waals surface area contributed by atoms with Gasteiger partial charge in [-0.2, -0.15) is 0 Å². The van der Waals surface area contributed by atoms with Gasteiger partial charge in [-0.3, -0.25) is 24.2 Å². The quantitative estimate of drug-likeness (QED) is 0.0782. The van der Waals surface area contributed by atoms with Gasteiger partial charge in [-0.15, -0.1) is 0 Å². The summed E-state index contributed by atoms with van der Waals surface area (Å²) in [7, 11) is 0. The number of hydrogen-bond acceptors (Lipinski definition) is 7. The molecule has 0 aromatic heterocycles. The molecule has 0 aliphatic carbocycles. The standard InChI is InChI=1S/C20H31N7O6/c21-13(7-4-8-24-20(22)23)17(31)26-14(9-12-5-2-1-3-6-12)19(33)27-15(11-28)18(32)25-10-16(29)30/h1-3,5-6,13-15,28H,4,7-11,21H2,(H,25,32)(H,26,31)(H,27,33)(H,29,30)(H4,22,23,24). The second kappa shape index (κ2) is 14.4. The van der Waals surface area contributed by atoms with E-state index in [1.54, 1.807) is 30.3 Å². The van der Waals surface area contributed by atoms with Crippen LogP contribution in [0.2, 0.25) is 0 Å². The number of carboxylic acid groups (broad SMARTS) is 1. The lowest BCUT2D eigenvalue weighted by atomic mass is 10.0. The number of nitrogens with zero attached hydrogens (tertiary/aromatic N) is 1. The van der Waals surface area contributed by atoms with Crippen LogP contribution < -0.4 is 33.2 Å². The Bertz CT molecular complexity index is 829. The topological polar surface area (TPSA) is 235 Å². The Hall–Kier alpha value is -3.71. The molecular weight excluding hydrogens is 434 g/mol. The van der Waals surface area contributed by atoms with Gasteiger partial charge in [0.15, 0.2) is 5.96 Å². The Morgan fingerprint density at radius 1 is 0.970 bits per heavy atom. The molecule has 0 spiro atoms. The second-order valence-electron chi connectivity index (χ2n) is 7.16. The summed E-state index contributed by atoms with van der Waals surface area (Å²) in [5, 5.41) is 25.1. The number of aliphatic carboxylic acids is 1. The summed E-state index contributed by atoms with van der Waals surface area (Å²) in [6, 6.07) is 5.38. The Labute approximate surface area is 190 Å². The number of amides is 3. The fraction of sp³-hybridized carbons (Fsp3) is 0.450. The highest BCUT2D eigenvalue weighted by atomic mass is 16.4. The lowest BCUT2D eigenvalue weighted by molar-refractivity contribution is -0.139. The van der Waals surface area contributed by atoms with E-state index in [0.29, 0.717) is 13.0 Å². The number of nitrogens with two attached hydrogens (primary N) is 3. The van der Waals surface area contributed by atoms with E-state index < -0.39 is 55.0 Å². The maximum absolute atomic E-state index is 12.8. The third-order valence-corrected chi connectivity index (χ3v) is 4.45. The van der Waals surface area contributed by atoms with Crippen molar-refractivity contribution in [3.8, 4) is 0 Å². The maximum atomic E-state index is 12.8. The zero-order valence-corrected chi connectivity index (χ0v) is 18.1. The summed E-state index contributed by atoms with van der Waals surface area (Å²) in [6.07, 6.45) is 0.797. The zero-order valence-electron chi connectivity index (χ0n) is 18.1. The molecule has 3 unspecified atom stereocenters. The number of aliphatic hydroxyl groups excluding tert-OH is 1. The highest BCUT2D eigenvalue weighted by molar-refractivity contribution is 5.93. The van der Waals surface area contributed by atoms with Gasteiger partial charge in [0.25, 0.3) is 0 Å². The van der Waals surface area contributed by atoms with Gasteiger partial charge in [-0.05, 0) is 18.4 Å². The van der Waals surface area contributed by atoms with Gasteiger partial charge < -0.3 is 43.4 Å². The predicted molar refractivity (Wildman–Crippen MR) is 120 cm³/mol. The third-order valence-electron chi connectivity index (χ3n) is 4.45. The maximum Gasteiger partial charge on any atom is 0.322 e. The smallest absolute Gasteiger partial charge is 0.322 e. The van der Waals surface area contributed by atoms with E-state index in [0.717, 1.165) is 5.56 Å². The van der Waals surface area contributed by atoms with E-state index in [2.05, 4.69) is 20.9 Å². The van der Waals surface area contributed by atoms with E-state index in [4.69, 9.17) is 22.3 Å². The van der Waals surface area contributed by atoms with E-state index in [-0.39, 0.29) is 18.8 Å². The molecule has 11 N–H and O–H groups in total. The lowest BCUT2D eigenvalue weighted by Gasteiger charge is -2.23. The van der Waals surface area contributed by atoms with Crippen LogP contribution in [0.15, 0.2) is 35.3 Å². The van der Waals surface area contributed by atoms with Crippen molar-refractivity contribution in [1.29, 1.82) is 0 Å². The van der Waals surface area contributed by atoms with Crippen molar-refractivity contribution in [1.82, 2.24) is 16.0 Å². The van der Waals surface area contributed by atoms with Crippen LogP contribution in [0.1, 0.15) is 18.4 Å². The summed E-state index contributed by atoms with van der Waals surface area (Å²) in [4.78, 5) is 51.8. The molecule has 1 aromatic rings. The molecule has 3 amide bonds. The fourth-order valence-electron chi connectivity index (χ4n) is 2.74. The van der Waals surface area contributed by atoms with Gasteiger partial charge in [-0.1, -0.05) is 30.3 Å². The molecule has 13 heteroatoms. The van der Waals surface area contributed by atoms with Gasteiger partial charge in [-0.25, -0.2) is 0 Å². The minimum Gasteiger partial charge on any atom is -0.480 e. The van der Waals surface area contributed by atoms with Crippen LogP contribution in [0.5, 0.6) is 0 Å². The van der Waals surface area contributed by atoms with Crippen molar-refractivity contribution >= 4 is 29.7 Å². The monoisotopic (exact) mass is 465 g/mol. The molecule has 1 rings (SSSR count). The Kier molecular flexibility index (Phi) is 11.9. The molecule has 0 aliphatic heterocycles. The number of nitrogens with one attached hydrogen (secondary N) is 3. The SMILES string of the molecule is NC(N)=NCCCC(N)C(=O)NC(Cc1ccccc1)C(=O)NC(CO)C(=O)NCC(=O)O. The van der Waals surface area contributed by atoms with Crippen LogP contribution in [0, 0.1) is 0 Å². The molecule has 0 fully saturated rings. The number of rotatable bonds is 14. The molecule has 0 saturated carbocycles. The third kappa shape index (κ3) is 10.9. The average Bonchev–Trinajstić information content (AvgIpc) is 2.78. The average molecular weight is 466 g/mol. The minimum absolute atomic E-state index is 0.0709. The van der Waals surface area contributed by atoms with E-state index in [9.17, 15) is 24.3 Å². The van der Waals surface area contributed by atoms with Crippen molar-refractivity contribution in [2.24, 2.45) is 22.2 Å². The highest BCUT2D eigenvalue weighted by Gasteiger charge is 2.28. The summed E-state index contributed by atoms with van der Waals surface area (Å²) in [6.45, 7) is -1.15. The van der Waals surface area contributed by atoms with Gasteiger partial charge in [0, 0.05) is 13.0 Å². The van der Waals surface area contributed by atoms with Crippen molar-refractivity contribution in [3.05, 3.63) is 35.9 Å². The van der Waals surface area contributed by atoms with Crippen molar-refractivity contribution in [2.75, 3.05) is 19.7 Å². The van der Waals surface area contributed by atoms with Gasteiger partial charge >= 0.3 is 5.97 Å². The first-order valence-corrected chi connectivity index (χ1v) is 10.2. The van der Waals surface area contributed by atoms with Crippen molar-refractivity contribution in [3.63, 3.8) is 0 Å². The number of carboxylic acids is 1. The first-order valence-electron chi connectivity index (χ1n) is 10.2. The first-order chi connectivity index (χ1) is 15.6. The predicted octanol–water partition coefficient (Wildman–Crippen LogP) is -3.23. The van der Waals surface area contributed by atoms with Gasteiger partial charge in [0.05, 0.1) is 12.6 Å². The van der Waals surface area contributed by atoms with E-state index in [1.807, 2.05) is 0 Å². The molecule has 0 aliphatic rings. The molecule has 0 radical (unpaired) electrons. The van der Waals surface area contributed by atoms with Crippen LogP contribution in [0.25, 0.3) is 0 Å². The molecule has 33 heavy (non-hydrogen) atoms. The number of guanidine groups is 1. The van der Waals surface area contributed by atoms with Crippen molar-refractivity contribution < 1.29 is 29.4 Å². The summed E-state index contributed by atoms with van der Waals surface area (Å²) >= 11 is 0. The van der Waals surface area contributed by atoms with Crippen molar-refractivity contribution in [2.45, 2.75) is 37.4 Å². The molecule has 182 valence electrons. The van der Waals surface area contributed by atoms with Crippen LogP contribution in [0.3, 0.4) is 0 Å². The molecule has 0 saturated heterocycles. The lowest BCUT2D eigenvalue weighted by Crippen LogP contribution is -2.57. The number of benzene rings is 1. The van der Waals surface area contributed by atoms with Crippen LogP contribution in [-0.4, -0.2) is 77.7 Å². The minimum atomic E-state index is -1.40. The summed E-state index contributed by atoms with van der Waals surface area (Å²) in [5.74, 6) is -3.57. The first kappa shape index (κ1) is 27.3. The fourth-order valence-corrected chi connectivity index (χ4v) is 2.74. The number of hydrogen-bond donors (Lipinski definition) is 8. The summed E-state index contributed by atoms with van der Waals surface area (Å²) < 4.78 is 0. The summed E-state index contributed by atoms with van der Waals surface area (Å²) in [5.41, 5.74) is 17.1. The van der Waals surface area contributed by atoms with Crippen LogP contribution in [0.4, 0.5) is 0 Å². The molecule has 3 atom stereocenters. The number of aliphatic hydroxyl groups is 1. The Morgan fingerprint density at radius 2 is 1.61 bits per heavy atom. The molecule has 0 heterocycles. The number of carbonyl (C=O) groups excluding carboxylic acids is 3. The largest absolute Gasteiger partial charge is 0.480 e. The van der Waals surface area contributed by atoms with Crippen LogP contribution in [-0.2, 0) is 25.6 Å². The zero-order chi connectivity index (χ0) is 24.8. The molecule has 0 bridgehead atoms. The normalized spacial score (nSPS) is 13.2. The number of aliphatic imine (C=N–C) groups is 1.